The van der Waals surface area contributed by atoms with E-state index in [9.17, 15) is 8.42 Å². The SMILES string of the molecule is COc1ccc(S(=O)(=O)N(C)Cc2ncc[nH]2)cc1N. The van der Waals surface area contributed by atoms with Crippen LogP contribution in [0.4, 0.5) is 5.69 Å². The predicted octanol–water partition coefficient (Wildman–Crippen LogP) is 0.821. The molecule has 0 atom stereocenters. The van der Waals surface area contributed by atoms with Gasteiger partial charge in [-0.15, -0.1) is 0 Å². The molecule has 8 heteroatoms. The number of nitrogens with zero attached hydrogens (tertiary/aromatic N) is 2. The monoisotopic (exact) mass is 296 g/mol. The summed E-state index contributed by atoms with van der Waals surface area (Å²) in [6.45, 7) is 0.154. The van der Waals surface area contributed by atoms with Crippen LogP contribution in [0.1, 0.15) is 5.82 Å². The molecule has 1 aromatic carbocycles. The molecule has 0 amide bonds. The van der Waals surface area contributed by atoms with Crippen molar-refractivity contribution in [3.8, 4) is 5.75 Å². The number of anilines is 1. The zero-order valence-electron chi connectivity index (χ0n) is 11.2. The lowest BCUT2D eigenvalue weighted by Gasteiger charge is -2.16. The molecule has 0 spiro atoms. The van der Waals surface area contributed by atoms with Crippen molar-refractivity contribution in [1.29, 1.82) is 0 Å². The number of imidazole rings is 1. The number of nitrogens with two attached hydrogens (primary N) is 1. The number of nitrogen functional groups attached to an aromatic ring is 1. The van der Waals surface area contributed by atoms with Crippen molar-refractivity contribution >= 4 is 15.7 Å². The lowest BCUT2D eigenvalue weighted by Crippen LogP contribution is -2.27. The topological polar surface area (TPSA) is 101 Å². The molecule has 0 unspecified atom stereocenters. The molecule has 2 aromatic rings. The first-order valence-electron chi connectivity index (χ1n) is 5.83. The lowest BCUT2D eigenvalue weighted by molar-refractivity contribution is 0.416. The molecule has 3 N–H and O–H groups in total. The molecule has 0 aliphatic carbocycles. The number of methoxy groups -OCH3 is 1. The third kappa shape index (κ3) is 2.75. The van der Waals surface area contributed by atoms with Crippen LogP contribution in [0.2, 0.25) is 0 Å². The Balaban J connectivity index is 2.27. The van der Waals surface area contributed by atoms with Gasteiger partial charge in [-0.05, 0) is 18.2 Å². The summed E-state index contributed by atoms with van der Waals surface area (Å²) in [6, 6.07) is 4.37. The average molecular weight is 296 g/mol. The minimum absolute atomic E-state index is 0.116. The van der Waals surface area contributed by atoms with Crippen LogP contribution in [0.25, 0.3) is 0 Å². The molecule has 0 saturated heterocycles. The lowest BCUT2D eigenvalue weighted by atomic mass is 10.3. The van der Waals surface area contributed by atoms with E-state index < -0.39 is 10.0 Å². The third-order valence-electron chi connectivity index (χ3n) is 2.84. The van der Waals surface area contributed by atoms with Crippen LogP contribution in [0.5, 0.6) is 5.75 Å². The van der Waals surface area contributed by atoms with Crippen LogP contribution in [-0.2, 0) is 16.6 Å². The molecule has 1 aromatic heterocycles. The fraction of sp³-hybridized carbons (Fsp3) is 0.250. The zero-order valence-corrected chi connectivity index (χ0v) is 12.0. The van der Waals surface area contributed by atoms with Gasteiger partial charge in [0.1, 0.15) is 11.6 Å². The maximum atomic E-state index is 12.4. The highest BCUT2D eigenvalue weighted by atomic mass is 32.2. The summed E-state index contributed by atoms with van der Waals surface area (Å²) in [5, 5.41) is 0. The molecule has 0 fully saturated rings. The fourth-order valence-corrected chi connectivity index (χ4v) is 2.90. The molecule has 108 valence electrons. The Labute approximate surface area is 117 Å². The first-order valence-corrected chi connectivity index (χ1v) is 7.27. The normalized spacial score (nSPS) is 11.8. The molecule has 20 heavy (non-hydrogen) atoms. The molecule has 0 aliphatic rings. The van der Waals surface area contributed by atoms with Crippen LogP contribution in [0, 0.1) is 0 Å². The predicted molar refractivity (Wildman–Crippen MR) is 74.6 cm³/mol. The van der Waals surface area contributed by atoms with E-state index in [2.05, 4.69) is 9.97 Å². The van der Waals surface area contributed by atoms with Crippen LogP contribution in [-0.4, -0.2) is 36.8 Å². The van der Waals surface area contributed by atoms with Gasteiger partial charge in [-0.3, -0.25) is 0 Å². The van der Waals surface area contributed by atoms with Crippen molar-refractivity contribution in [2.24, 2.45) is 0 Å². The van der Waals surface area contributed by atoms with Gasteiger partial charge in [-0.25, -0.2) is 13.4 Å². The van der Waals surface area contributed by atoms with Crippen molar-refractivity contribution in [1.82, 2.24) is 14.3 Å². The van der Waals surface area contributed by atoms with E-state index in [-0.39, 0.29) is 17.1 Å². The van der Waals surface area contributed by atoms with Gasteiger partial charge in [0.2, 0.25) is 10.0 Å². The highest BCUT2D eigenvalue weighted by Gasteiger charge is 2.22. The Morgan fingerprint density at radius 1 is 1.45 bits per heavy atom. The molecule has 0 saturated carbocycles. The van der Waals surface area contributed by atoms with Crippen LogP contribution in [0.3, 0.4) is 0 Å². The summed E-state index contributed by atoms with van der Waals surface area (Å²) in [5.74, 6) is 1.01. The number of aromatic amines is 1. The van der Waals surface area contributed by atoms with E-state index in [1.165, 1.54) is 36.7 Å². The highest BCUT2D eigenvalue weighted by Crippen LogP contribution is 2.26. The summed E-state index contributed by atoms with van der Waals surface area (Å²) in [5.41, 5.74) is 6.02. The van der Waals surface area contributed by atoms with E-state index in [0.717, 1.165) is 0 Å². The Hall–Kier alpha value is -2.06. The second-order valence-corrected chi connectivity index (χ2v) is 6.25. The van der Waals surface area contributed by atoms with Gasteiger partial charge in [0.05, 0.1) is 24.2 Å². The van der Waals surface area contributed by atoms with Crippen LogP contribution < -0.4 is 10.5 Å². The first kappa shape index (κ1) is 14.4. The van der Waals surface area contributed by atoms with E-state index in [4.69, 9.17) is 10.5 Å². The quantitative estimate of drug-likeness (QED) is 0.795. The van der Waals surface area contributed by atoms with Crippen molar-refractivity contribution in [2.45, 2.75) is 11.4 Å². The number of sulfonamides is 1. The number of ether oxygens (including phenoxy) is 1. The van der Waals surface area contributed by atoms with Gasteiger partial charge in [0.25, 0.3) is 0 Å². The molecule has 7 nitrogen and oxygen atoms in total. The van der Waals surface area contributed by atoms with E-state index >= 15 is 0 Å². The number of H-pyrrole nitrogens is 1. The molecule has 1 heterocycles. The fourth-order valence-electron chi connectivity index (χ4n) is 1.73. The van der Waals surface area contributed by atoms with Gasteiger partial charge in [0.15, 0.2) is 0 Å². The summed E-state index contributed by atoms with van der Waals surface area (Å²) < 4.78 is 31.0. The number of aromatic nitrogens is 2. The van der Waals surface area contributed by atoms with E-state index in [1.807, 2.05) is 0 Å². The number of hydrogen-bond acceptors (Lipinski definition) is 5. The number of hydrogen-bond donors (Lipinski definition) is 2. The van der Waals surface area contributed by atoms with Crippen LogP contribution >= 0.6 is 0 Å². The second kappa shape index (κ2) is 5.51. The van der Waals surface area contributed by atoms with E-state index in [0.29, 0.717) is 11.6 Å². The van der Waals surface area contributed by atoms with Gasteiger partial charge < -0.3 is 15.5 Å². The minimum Gasteiger partial charge on any atom is -0.495 e. The molecule has 2 rings (SSSR count). The number of rotatable bonds is 5. The molecular weight excluding hydrogens is 280 g/mol. The van der Waals surface area contributed by atoms with Gasteiger partial charge in [0, 0.05) is 19.4 Å². The zero-order chi connectivity index (χ0) is 14.8. The maximum Gasteiger partial charge on any atom is 0.243 e. The number of nitrogens with one attached hydrogen (secondary N) is 1. The third-order valence-corrected chi connectivity index (χ3v) is 4.64. The van der Waals surface area contributed by atoms with Crippen LogP contribution in [0.15, 0.2) is 35.5 Å². The number of benzene rings is 1. The maximum absolute atomic E-state index is 12.4. The van der Waals surface area contributed by atoms with Gasteiger partial charge >= 0.3 is 0 Å². The molecular formula is C12H16N4O3S. The summed E-state index contributed by atoms with van der Waals surface area (Å²) >= 11 is 0. The second-order valence-electron chi connectivity index (χ2n) is 4.20. The van der Waals surface area contributed by atoms with Crippen molar-refractivity contribution in [2.75, 3.05) is 19.9 Å². The van der Waals surface area contributed by atoms with Gasteiger partial charge in [-0.1, -0.05) is 0 Å². The Morgan fingerprint density at radius 3 is 2.75 bits per heavy atom. The summed E-state index contributed by atoms with van der Waals surface area (Å²) in [7, 11) is -0.665. The van der Waals surface area contributed by atoms with Gasteiger partial charge in [-0.2, -0.15) is 4.31 Å². The summed E-state index contributed by atoms with van der Waals surface area (Å²) in [6.07, 6.45) is 3.21. The standard InChI is InChI=1S/C12H16N4O3S/c1-16(8-12-14-5-6-15-12)20(17,18)9-3-4-11(19-2)10(13)7-9/h3-7H,8,13H2,1-2H3,(H,14,15). The molecule has 0 bridgehead atoms. The first-order chi connectivity index (χ1) is 9.45. The Kier molecular flexibility index (Phi) is 3.96. The van der Waals surface area contributed by atoms with Crippen molar-refractivity contribution < 1.29 is 13.2 Å². The average Bonchev–Trinajstić information content (AvgIpc) is 2.91. The van der Waals surface area contributed by atoms with Crippen molar-refractivity contribution in [3.63, 3.8) is 0 Å². The van der Waals surface area contributed by atoms with Crippen molar-refractivity contribution in [3.05, 3.63) is 36.4 Å². The Bertz CT molecular complexity index is 683. The Morgan fingerprint density at radius 2 is 2.20 bits per heavy atom. The largest absolute Gasteiger partial charge is 0.495 e. The highest BCUT2D eigenvalue weighted by molar-refractivity contribution is 7.89. The minimum atomic E-state index is -3.62. The molecule has 0 radical (unpaired) electrons. The smallest absolute Gasteiger partial charge is 0.243 e. The van der Waals surface area contributed by atoms with E-state index in [1.54, 1.807) is 12.4 Å². The molecule has 0 aliphatic heterocycles. The summed E-state index contributed by atoms with van der Waals surface area (Å²) in [4.78, 5) is 6.98.